The quantitative estimate of drug-likeness (QED) is 0.369. The molecule has 12 heteroatoms. The highest BCUT2D eigenvalue weighted by Crippen LogP contribution is 2.28. The highest BCUT2D eigenvalue weighted by Gasteiger charge is 2.22. The van der Waals surface area contributed by atoms with Crippen LogP contribution in [0, 0.1) is 11.6 Å². The Bertz CT molecular complexity index is 1540. The topological polar surface area (TPSA) is 127 Å². The van der Waals surface area contributed by atoms with Gasteiger partial charge in [0.25, 0.3) is 17.7 Å². The average Bonchev–Trinajstić information content (AvgIpc) is 3.27. The number of fused-ring (bicyclic) bond motifs is 2. The van der Waals surface area contributed by atoms with Crippen molar-refractivity contribution in [2.45, 2.75) is 19.5 Å². The summed E-state index contributed by atoms with van der Waals surface area (Å²) < 4.78 is 33.9. The molecule has 0 fully saturated rings. The number of anilines is 1. The van der Waals surface area contributed by atoms with E-state index in [1.165, 1.54) is 30.3 Å². The molecule has 3 heterocycles. The van der Waals surface area contributed by atoms with Gasteiger partial charge in [-0.25, -0.2) is 18.3 Å². The largest absolute Gasteiger partial charge is 0.482 e. The van der Waals surface area contributed by atoms with Crippen molar-refractivity contribution in [3.63, 3.8) is 0 Å². The van der Waals surface area contributed by atoms with Gasteiger partial charge in [-0.1, -0.05) is 18.2 Å². The normalized spacial score (nSPS) is 13.3. The van der Waals surface area contributed by atoms with Crippen molar-refractivity contribution in [3.05, 3.63) is 88.9 Å². The summed E-state index contributed by atoms with van der Waals surface area (Å²) in [6.07, 6.45) is 0.897. The van der Waals surface area contributed by atoms with Gasteiger partial charge in [0.05, 0.1) is 17.9 Å². The smallest absolute Gasteiger partial charge is 0.270 e. The number of ether oxygens (including phenoxy) is 1. The Morgan fingerprint density at radius 1 is 1.14 bits per heavy atom. The number of benzene rings is 2. The third-order valence-corrected chi connectivity index (χ3v) is 5.74. The molecule has 10 nitrogen and oxygen atoms in total. The summed E-state index contributed by atoms with van der Waals surface area (Å²) >= 11 is 0. The molecule has 0 unspecified atom stereocenters. The van der Waals surface area contributed by atoms with E-state index in [1.807, 2.05) is 0 Å². The number of aromatic nitrogens is 3. The van der Waals surface area contributed by atoms with Gasteiger partial charge in [-0.05, 0) is 42.3 Å². The van der Waals surface area contributed by atoms with E-state index in [-0.39, 0.29) is 36.1 Å². The second kappa shape index (κ2) is 9.64. The van der Waals surface area contributed by atoms with E-state index in [2.05, 4.69) is 26.0 Å². The molecule has 1 aliphatic heterocycles. The van der Waals surface area contributed by atoms with Gasteiger partial charge in [-0.3, -0.25) is 14.4 Å². The van der Waals surface area contributed by atoms with Crippen LogP contribution in [-0.4, -0.2) is 38.9 Å². The zero-order valence-corrected chi connectivity index (χ0v) is 19.4. The second-order valence-electron chi connectivity index (χ2n) is 8.35. The fourth-order valence-electron chi connectivity index (χ4n) is 3.83. The van der Waals surface area contributed by atoms with Crippen molar-refractivity contribution in [2.75, 3.05) is 11.9 Å². The maximum atomic E-state index is 14.4. The molecular weight excluding hydrogens is 486 g/mol. The minimum Gasteiger partial charge on any atom is -0.482 e. The molecule has 1 aliphatic rings. The number of nitrogens with one attached hydrogen (secondary N) is 3. The predicted molar refractivity (Wildman–Crippen MR) is 127 cm³/mol. The maximum absolute atomic E-state index is 14.4. The third kappa shape index (κ3) is 4.94. The molecular formula is C25H20F2N6O4. The van der Waals surface area contributed by atoms with Gasteiger partial charge in [-0.15, -0.1) is 0 Å². The van der Waals surface area contributed by atoms with Gasteiger partial charge in [0.15, 0.2) is 18.1 Å². The summed E-state index contributed by atoms with van der Waals surface area (Å²) in [4.78, 5) is 41.5. The summed E-state index contributed by atoms with van der Waals surface area (Å²) in [5.74, 6) is -2.26. The highest BCUT2D eigenvalue weighted by molar-refractivity contribution is 5.98. The first-order valence-electron chi connectivity index (χ1n) is 11.2. The summed E-state index contributed by atoms with van der Waals surface area (Å²) in [5.41, 5.74) is 1.21. The molecule has 0 bridgehead atoms. The fourth-order valence-corrected chi connectivity index (χ4v) is 3.83. The van der Waals surface area contributed by atoms with Crippen molar-refractivity contribution >= 4 is 29.1 Å². The second-order valence-corrected chi connectivity index (χ2v) is 8.35. The Hall–Kier alpha value is -4.87. The standard InChI is InChI=1S/C25H20F2N6O4/c1-13(15-3-5-16(26)6-4-15)30-25(36)20-9-19(32-23-17(27)11-29-33(20)23)24(35)28-10-14-2-7-21-18(8-14)31-22(34)12-37-21/h2-9,11,13H,10,12H2,1H3,(H,28,35)(H,30,36)(H,31,34)/t13-/m0/s1. The van der Waals surface area contributed by atoms with Crippen LogP contribution in [0.5, 0.6) is 5.75 Å². The fraction of sp³-hybridized carbons (Fsp3) is 0.160. The number of carbonyl (C=O) groups is 3. The summed E-state index contributed by atoms with van der Waals surface area (Å²) in [6.45, 7) is 1.70. The lowest BCUT2D eigenvalue weighted by molar-refractivity contribution is -0.118. The van der Waals surface area contributed by atoms with E-state index < -0.39 is 29.5 Å². The molecule has 0 radical (unpaired) electrons. The minimum absolute atomic E-state index is 0.0685. The molecule has 37 heavy (non-hydrogen) atoms. The molecule has 0 saturated heterocycles. The zero-order valence-electron chi connectivity index (χ0n) is 19.4. The number of carbonyl (C=O) groups excluding carboxylic acids is 3. The van der Waals surface area contributed by atoms with Crippen LogP contribution < -0.4 is 20.7 Å². The zero-order chi connectivity index (χ0) is 26.1. The minimum atomic E-state index is -0.805. The summed E-state index contributed by atoms with van der Waals surface area (Å²) in [5, 5.41) is 12.0. The maximum Gasteiger partial charge on any atom is 0.270 e. The molecule has 3 N–H and O–H groups in total. The lowest BCUT2D eigenvalue weighted by atomic mass is 10.1. The van der Waals surface area contributed by atoms with Crippen LogP contribution in [0.15, 0.2) is 54.7 Å². The Labute approximate surface area is 208 Å². The van der Waals surface area contributed by atoms with Crippen molar-refractivity contribution in [2.24, 2.45) is 0 Å². The Morgan fingerprint density at radius 3 is 2.70 bits per heavy atom. The lowest BCUT2D eigenvalue weighted by Crippen LogP contribution is -2.30. The van der Waals surface area contributed by atoms with Gasteiger partial charge in [0.1, 0.15) is 23.0 Å². The first-order valence-corrected chi connectivity index (χ1v) is 11.2. The van der Waals surface area contributed by atoms with Gasteiger partial charge >= 0.3 is 0 Å². The molecule has 2 aromatic heterocycles. The Morgan fingerprint density at radius 2 is 1.92 bits per heavy atom. The van der Waals surface area contributed by atoms with E-state index in [1.54, 1.807) is 25.1 Å². The van der Waals surface area contributed by atoms with Crippen LogP contribution in [0.4, 0.5) is 14.5 Å². The predicted octanol–water partition coefficient (Wildman–Crippen LogP) is 2.76. The molecule has 0 saturated carbocycles. The molecule has 3 amide bonds. The monoisotopic (exact) mass is 506 g/mol. The lowest BCUT2D eigenvalue weighted by Gasteiger charge is -2.18. The number of hydrogen-bond donors (Lipinski definition) is 3. The van der Waals surface area contributed by atoms with Crippen LogP contribution in [0.3, 0.4) is 0 Å². The van der Waals surface area contributed by atoms with Crippen LogP contribution in [0.2, 0.25) is 0 Å². The number of amides is 3. The first kappa shape index (κ1) is 23.9. The van der Waals surface area contributed by atoms with Crippen LogP contribution >= 0.6 is 0 Å². The van der Waals surface area contributed by atoms with Gasteiger partial charge in [-0.2, -0.15) is 5.10 Å². The van der Waals surface area contributed by atoms with E-state index >= 15 is 0 Å². The molecule has 0 aliphatic carbocycles. The number of halogens is 2. The van der Waals surface area contributed by atoms with E-state index in [4.69, 9.17) is 4.74 Å². The molecule has 0 spiro atoms. The van der Waals surface area contributed by atoms with Crippen molar-refractivity contribution in [1.82, 2.24) is 25.2 Å². The number of nitrogens with zero attached hydrogens (tertiary/aromatic N) is 3. The molecule has 4 aromatic rings. The molecule has 188 valence electrons. The van der Waals surface area contributed by atoms with Crippen molar-refractivity contribution in [1.29, 1.82) is 0 Å². The Balaban J connectivity index is 1.36. The van der Waals surface area contributed by atoms with Crippen molar-refractivity contribution in [3.8, 4) is 5.75 Å². The van der Waals surface area contributed by atoms with Crippen molar-refractivity contribution < 1.29 is 27.9 Å². The number of rotatable bonds is 6. The van der Waals surface area contributed by atoms with Crippen LogP contribution in [0.25, 0.3) is 5.65 Å². The van der Waals surface area contributed by atoms with E-state index in [0.29, 0.717) is 22.6 Å². The van der Waals surface area contributed by atoms with E-state index in [0.717, 1.165) is 10.7 Å². The van der Waals surface area contributed by atoms with Gasteiger partial charge in [0, 0.05) is 12.6 Å². The van der Waals surface area contributed by atoms with Gasteiger partial charge < -0.3 is 20.7 Å². The molecule has 2 aromatic carbocycles. The first-order chi connectivity index (χ1) is 17.8. The third-order valence-electron chi connectivity index (χ3n) is 5.74. The van der Waals surface area contributed by atoms with Crippen LogP contribution in [0.1, 0.15) is 45.1 Å². The Kier molecular flexibility index (Phi) is 6.22. The summed E-state index contributed by atoms with van der Waals surface area (Å²) in [6, 6.07) is 11.4. The average molecular weight is 506 g/mol. The molecule has 1 atom stereocenters. The molecule has 5 rings (SSSR count). The summed E-state index contributed by atoms with van der Waals surface area (Å²) in [7, 11) is 0. The SMILES string of the molecule is C[C@H](NC(=O)c1cc(C(=O)NCc2ccc3c(c2)NC(=O)CO3)nc2c(F)cnn12)c1ccc(F)cc1. The number of hydrogen-bond acceptors (Lipinski definition) is 6. The van der Waals surface area contributed by atoms with Gasteiger partial charge in [0.2, 0.25) is 0 Å². The highest BCUT2D eigenvalue weighted by atomic mass is 19.1. The van der Waals surface area contributed by atoms with Crippen LogP contribution in [-0.2, 0) is 11.3 Å². The van der Waals surface area contributed by atoms with E-state index in [9.17, 15) is 23.2 Å².